The third-order valence-electron chi connectivity index (χ3n) is 2.52. The predicted octanol–water partition coefficient (Wildman–Crippen LogP) is 1.37. The van der Waals surface area contributed by atoms with Gasteiger partial charge in [-0.15, -0.1) is 0 Å². The lowest BCUT2D eigenvalue weighted by molar-refractivity contribution is -0.125. The van der Waals surface area contributed by atoms with Crippen LogP contribution in [-0.2, 0) is 9.53 Å². The Morgan fingerprint density at radius 3 is 2.53 bits per heavy atom. The van der Waals surface area contributed by atoms with Crippen LogP contribution in [0.1, 0.15) is 17.3 Å². The van der Waals surface area contributed by atoms with Crippen LogP contribution in [0.3, 0.4) is 0 Å². The van der Waals surface area contributed by atoms with Gasteiger partial charge in [0.25, 0.3) is 5.91 Å². The topological polar surface area (TPSA) is 95.4 Å². The van der Waals surface area contributed by atoms with E-state index in [0.717, 1.165) is 5.56 Å². The molecule has 0 fully saturated rings. The molecule has 0 saturated heterocycles. The van der Waals surface area contributed by atoms with Gasteiger partial charge in [0.2, 0.25) is 0 Å². The van der Waals surface area contributed by atoms with E-state index in [9.17, 15) is 9.59 Å². The number of carbonyl (C=O) groups is 2. The standard InChI is InChI=1S/C13H12N2O4/c1-8(12(14)16)19-13(17)10-4-2-9(3-5-10)11-6-15-7-18-11/h2-8H,1H3,(H2,14,16). The van der Waals surface area contributed by atoms with Gasteiger partial charge in [-0.05, 0) is 19.1 Å². The number of ether oxygens (including phenoxy) is 1. The van der Waals surface area contributed by atoms with Crippen LogP contribution in [0.5, 0.6) is 0 Å². The summed E-state index contributed by atoms with van der Waals surface area (Å²) in [5, 5.41) is 0. The average molecular weight is 260 g/mol. The number of esters is 1. The molecule has 2 N–H and O–H groups in total. The minimum atomic E-state index is -0.957. The van der Waals surface area contributed by atoms with Gasteiger partial charge in [0.15, 0.2) is 18.3 Å². The van der Waals surface area contributed by atoms with Crippen molar-refractivity contribution in [2.45, 2.75) is 13.0 Å². The van der Waals surface area contributed by atoms with Crippen molar-refractivity contribution in [3.63, 3.8) is 0 Å². The van der Waals surface area contributed by atoms with Gasteiger partial charge in [-0.3, -0.25) is 4.79 Å². The van der Waals surface area contributed by atoms with E-state index in [4.69, 9.17) is 14.9 Å². The average Bonchev–Trinajstić information content (AvgIpc) is 2.92. The van der Waals surface area contributed by atoms with Crippen LogP contribution in [-0.4, -0.2) is 23.0 Å². The molecule has 0 spiro atoms. The highest BCUT2D eigenvalue weighted by Gasteiger charge is 2.16. The first-order valence-electron chi connectivity index (χ1n) is 5.57. The highest BCUT2D eigenvalue weighted by Crippen LogP contribution is 2.19. The quantitative estimate of drug-likeness (QED) is 0.837. The van der Waals surface area contributed by atoms with Crippen LogP contribution < -0.4 is 5.73 Å². The molecule has 1 aromatic heterocycles. The summed E-state index contributed by atoms with van der Waals surface area (Å²) in [6.45, 7) is 1.42. The van der Waals surface area contributed by atoms with E-state index in [1.807, 2.05) is 0 Å². The zero-order valence-electron chi connectivity index (χ0n) is 10.2. The molecule has 1 aromatic carbocycles. The van der Waals surface area contributed by atoms with Gasteiger partial charge in [0.1, 0.15) is 0 Å². The lowest BCUT2D eigenvalue weighted by atomic mass is 10.1. The first-order valence-corrected chi connectivity index (χ1v) is 5.57. The predicted molar refractivity (Wildman–Crippen MR) is 66.0 cm³/mol. The number of nitrogens with zero attached hydrogens (tertiary/aromatic N) is 1. The van der Waals surface area contributed by atoms with Crippen molar-refractivity contribution >= 4 is 11.9 Å². The van der Waals surface area contributed by atoms with Crippen molar-refractivity contribution in [3.05, 3.63) is 42.4 Å². The fraction of sp³-hybridized carbons (Fsp3) is 0.154. The Labute approximate surface area is 109 Å². The van der Waals surface area contributed by atoms with Gasteiger partial charge in [0, 0.05) is 5.56 Å². The minimum Gasteiger partial charge on any atom is -0.449 e. The Morgan fingerprint density at radius 2 is 2.00 bits per heavy atom. The second-order valence-corrected chi connectivity index (χ2v) is 3.89. The maximum absolute atomic E-state index is 11.7. The van der Waals surface area contributed by atoms with E-state index in [2.05, 4.69) is 4.98 Å². The summed E-state index contributed by atoms with van der Waals surface area (Å²) in [4.78, 5) is 26.3. The molecule has 98 valence electrons. The van der Waals surface area contributed by atoms with Gasteiger partial charge in [-0.2, -0.15) is 0 Å². The minimum absolute atomic E-state index is 0.330. The van der Waals surface area contributed by atoms with E-state index in [-0.39, 0.29) is 0 Å². The largest absolute Gasteiger partial charge is 0.449 e. The first kappa shape index (κ1) is 12.8. The van der Waals surface area contributed by atoms with Crippen molar-refractivity contribution in [2.75, 3.05) is 0 Å². The van der Waals surface area contributed by atoms with E-state index in [1.165, 1.54) is 13.3 Å². The maximum atomic E-state index is 11.7. The normalized spacial score (nSPS) is 11.8. The SMILES string of the molecule is CC(OC(=O)c1ccc(-c2cnco2)cc1)C(N)=O. The molecule has 0 bridgehead atoms. The van der Waals surface area contributed by atoms with Crippen LogP contribution in [0.4, 0.5) is 0 Å². The van der Waals surface area contributed by atoms with Crippen LogP contribution in [0, 0.1) is 0 Å². The summed E-state index contributed by atoms with van der Waals surface area (Å²) in [5.41, 5.74) is 6.13. The van der Waals surface area contributed by atoms with Crippen molar-refractivity contribution in [1.29, 1.82) is 0 Å². The zero-order valence-corrected chi connectivity index (χ0v) is 10.2. The second kappa shape index (κ2) is 5.34. The lowest BCUT2D eigenvalue weighted by Gasteiger charge is -2.09. The van der Waals surface area contributed by atoms with Crippen LogP contribution in [0.15, 0.2) is 41.3 Å². The third-order valence-corrected chi connectivity index (χ3v) is 2.52. The number of carbonyl (C=O) groups excluding carboxylic acids is 2. The zero-order chi connectivity index (χ0) is 13.8. The molecule has 2 rings (SSSR count). The Morgan fingerprint density at radius 1 is 1.32 bits per heavy atom. The van der Waals surface area contributed by atoms with Crippen molar-refractivity contribution in [1.82, 2.24) is 4.98 Å². The molecule has 6 nitrogen and oxygen atoms in total. The summed E-state index contributed by atoms with van der Waals surface area (Å²) in [7, 11) is 0. The molecular formula is C13H12N2O4. The van der Waals surface area contributed by atoms with Gasteiger partial charge in [-0.25, -0.2) is 9.78 Å². The molecule has 1 atom stereocenters. The highest BCUT2D eigenvalue weighted by molar-refractivity contribution is 5.92. The number of hydrogen-bond acceptors (Lipinski definition) is 5. The van der Waals surface area contributed by atoms with Crippen molar-refractivity contribution in [3.8, 4) is 11.3 Å². The van der Waals surface area contributed by atoms with Crippen LogP contribution in [0.25, 0.3) is 11.3 Å². The summed E-state index contributed by atoms with van der Waals surface area (Å²) in [6.07, 6.45) is 1.94. The number of oxazole rings is 1. The van der Waals surface area contributed by atoms with Crippen LogP contribution in [0.2, 0.25) is 0 Å². The number of primary amides is 1. The Kier molecular flexibility index (Phi) is 3.61. The van der Waals surface area contributed by atoms with Crippen LogP contribution >= 0.6 is 0 Å². The molecule has 0 aliphatic carbocycles. The van der Waals surface area contributed by atoms with E-state index >= 15 is 0 Å². The molecule has 1 amide bonds. The first-order chi connectivity index (χ1) is 9.08. The summed E-state index contributed by atoms with van der Waals surface area (Å²) in [5.74, 6) is -0.688. The molecule has 0 aliphatic heterocycles. The van der Waals surface area contributed by atoms with Gasteiger partial charge in [0.05, 0.1) is 11.8 Å². The monoisotopic (exact) mass is 260 g/mol. The highest BCUT2D eigenvalue weighted by atomic mass is 16.5. The fourth-order valence-corrected chi connectivity index (χ4v) is 1.42. The Hall–Kier alpha value is -2.63. The molecular weight excluding hydrogens is 248 g/mol. The molecule has 0 aliphatic rings. The Bertz CT molecular complexity index is 575. The number of rotatable bonds is 4. The smallest absolute Gasteiger partial charge is 0.338 e. The molecule has 2 aromatic rings. The second-order valence-electron chi connectivity index (χ2n) is 3.89. The van der Waals surface area contributed by atoms with Crippen molar-refractivity contribution < 1.29 is 18.7 Å². The van der Waals surface area contributed by atoms with Gasteiger partial charge >= 0.3 is 5.97 Å². The lowest BCUT2D eigenvalue weighted by Crippen LogP contribution is -2.30. The van der Waals surface area contributed by atoms with E-state index < -0.39 is 18.0 Å². The third kappa shape index (κ3) is 2.98. The molecule has 6 heteroatoms. The van der Waals surface area contributed by atoms with Gasteiger partial charge < -0.3 is 14.9 Å². The fourth-order valence-electron chi connectivity index (χ4n) is 1.42. The number of aromatic nitrogens is 1. The van der Waals surface area contributed by atoms with Gasteiger partial charge in [-0.1, -0.05) is 12.1 Å². The Balaban J connectivity index is 2.10. The summed E-state index contributed by atoms with van der Waals surface area (Å²) < 4.78 is 10.0. The maximum Gasteiger partial charge on any atom is 0.338 e. The number of hydrogen-bond donors (Lipinski definition) is 1. The van der Waals surface area contributed by atoms with Crippen molar-refractivity contribution in [2.24, 2.45) is 5.73 Å². The van der Waals surface area contributed by atoms with E-state index in [0.29, 0.717) is 11.3 Å². The molecule has 1 heterocycles. The molecule has 0 radical (unpaired) electrons. The summed E-state index contributed by atoms with van der Waals surface area (Å²) in [6, 6.07) is 6.56. The number of benzene rings is 1. The molecule has 19 heavy (non-hydrogen) atoms. The molecule has 1 unspecified atom stereocenters. The van der Waals surface area contributed by atoms with E-state index in [1.54, 1.807) is 30.5 Å². The number of amides is 1. The molecule has 0 saturated carbocycles. The summed E-state index contributed by atoms with van der Waals surface area (Å²) >= 11 is 0. The number of nitrogens with two attached hydrogens (primary N) is 1.